The molecule has 0 aromatic carbocycles. The summed E-state index contributed by atoms with van der Waals surface area (Å²) in [6, 6.07) is 0. The lowest BCUT2D eigenvalue weighted by atomic mass is 9.85. The molecule has 0 radical (unpaired) electrons. The van der Waals surface area contributed by atoms with Gasteiger partial charge in [-0.15, -0.1) is 19.0 Å². The van der Waals surface area contributed by atoms with E-state index in [4.69, 9.17) is 30.4 Å². The number of fused-ring (bicyclic) bond motifs is 2. The number of halogens is 1. The number of primary amides is 1. The number of amides is 2. The maximum absolute atomic E-state index is 13.7. The van der Waals surface area contributed by atoms with Gasteiger partial charge in [0.15, 0.2) is 6.10 Å². The maximum Gasteiger partial charge on any atom is 0.405 e. The first-order chi connectivity index (χ1) is 22.3. The Morgan fingerprint density at radius 3 is 2.40 bits per heavy atom. The predicted octanol–water partition coefficient (Wildman–Crippen LogP) is 2.86. The molecule has 0 spiro atoms. The van der Waals surface area contributed by atoms with E-state index in [0.29, 0.717) is 12.0 Å². The van der Waals surface area contributed by atoms with Crippen LogP contribution in [0.2, 0.25) is 0 Å². The lowest BCUT2D eigenvalue weighted by Crippen LogP contribution is -2.40. The summed E-state index contributed by atoms with van der Waals surface area (Å²) in [5.74, 6) is -2.84. The van der Waals surface area contributed by atoms with Crippen molar-refractivity contribution in [2.45, 2.75) is 71.4 Å². The first-order valence-electron chi connectivity index (χ1n) is 15.4. The van der Waals surface area contributed by atoms with Crippen LogP contribution in [0.5, 0.6) is 0 Å². The molecule has 1 heterocycles. The molecule has 14 heteroatoms. The van der Waals surface area contributed by atoms with Gasteiger partial charge in [-0.3, -0.25) is 19.2 Å². The van der Waals surface area contributed by atoms with Crippen molar-refractivity contribution >= 4 is 41.9 Å². The number of allylic oxidation sites excluding steroid dienone is 4. The zero-order valence-electron chi connectivity index (χ0n) is 28.4. The van der Waals surface area contributed by atoms with E-state index in [9.17, 15) is 24.0 Å². The van der Waals surface area contributed by atoms with Gasteiger partial charge in [0.25, 0.3) is 5.91 Å². The first-order valence-corrected chi connectivity index (χ1v) is 15.4. The fraction of sp³-hybridized carbons (Fsp3) is 0.500. The molecule has 2 aliphatic rings. The van der Waals surface area contributed by atoms with E-state index in [1.54, 1.807) is 25.2 Å². The number of ketones is 2. The number of methoxy groups -OCH3 is 2. The standard InChI is InChI=1S/C34H48N4O9.ClH/c1-8-14-37-29-23-15-19(2)16-27(45-7)32(46-28(40)12-13-35)22(5)17-21(4)31(47-34(36)43)26(44-6)11-9-10-20(3)33(42)38-24(30(23)41)18-25(29)39;/h8-11,17-19,22,26-27,31-32,37H,1,12-16,35H2,2-7H3,(H2,36,43)(H,38,42);1H/b11-9-,20-10+,21-17+;/t19-,22-,26-,27-,31-,32-;/m1./s1. The third kappa shape index (κ3) is 11.9. The highest BCUT2D eigenvalue weighted by molar-refractivity contribution is 6.23. The molecule has 6 atom stereocenters. The fourth-order valence-corrected chi connectivity index (χ4v) is 5.45. The number of nitrogens with one attached hydrogen (secondary N) is 2. The Bertz CT molecular complexity index is 1370. The van der Waals surface area contributed by atoms with Crippen molar-refractivity contribution in [3.63, 3.8) is 0 Å². The minimum Gasteiger partial charge on any atom is -0.459 e. The summed E-state index contributed by atoms with van der Waals surface area (Å²) in [6.07, 6.45) is 5.17. The molecule has 2 bridgehead atoms. The average Bonchev–Trinajstić information content (AvgIpc) is 3.01. The summed E-state index contributed by atoms with van der Waals surface area (Å²) in [5, 5.41) is 5.54. The lowest BCUT2D eigenvalue weighted by molar-refractivity contribution is -0.160. The first kappa shape index (κ1) is 42.0. The molecule has 0 unspecified atom stereocenters. The highest BCUT2D eigenvalue weighted by atomic mass is 35.5. The van der Waals surface area contributed by atoms with E-state index in [2.05, 4.69) is 17.2 Å². The van der Waals surface area contributed by atoms with Gasteiger partial charge >= 0.3 is 12.1 Å². The van der Waals surface area contributed by atoms with E-state index in [1.807, 2.05) is 13.8 Å². The zero-order valence-corrected chi connectivity index (χ0v) is 29.2. The molecule has 1 aliphatic carbocycles. The Morgan fingerprint density at radius 1 is 1.12 bits per heavy atom. The Labute approximate surface area is 288 Å². The molecule has 0 aromatic rings. The number of Topliss-reactive ketones (excluding diaryl/α,β-unsaturated/α-hetero) is 1. The Kier molecular flexibility index (Phi) is 17.8. The molecular weight excluding hydrogens is 644 g/mol. The predicted molar refractivity (Wildman–Crippen MR) is 183 cm³/mol. The van der Waals surface area contributed by atoms with Crippen LogP contribution in [0.3, 0.4) is 0 Å². The molecule has 0 saturated heterocycles. The van der Waals surface area contributed by atoms with Gasteiger partial charge < -0.3 is 41.0 Å². The highest BCUT2D eigenvalue weighted by Gasteiger charge is 2.35. The number of carbonyl (C=O) groups is 5. The van der Waals surface area contributed by atoms with Crippen molar-refractivity contribution in [1.29, 1.82) is 0 Å². The van der Waals surface area contributed by atoms with Crippen molar-refractivity contribution in [2.24, 2.45) is 23.3 Å². The van der Waals surface area contributed by atoms with E-state index in [-0.39, 0.29) is 66.8 Å². The van der Waals surface area contributed by atoms with Gasteiger partial charge in [-0.2, -0.15) is 0 Å². The minimum absolute atomic E-state index is 0. The number of rotatable bonds is 9. The summed E-state index contributed by atoms with van der Waals surface area (Å²) in [4.78, 5) is 64.6. The van der Waals surface area contributed by atoms with E-state index in [1.165, 1.54) is 33.3 Å². The van der Waals surface area contributed by atoms with Gasteiger partial charge in [-0.1, -0.05) is 44.2 Å². The molecule has 266 valence electrons. The summed E-state index contributed by atoms with van der Waals surface area (Å²) >= 11 is 0. The third-order valence-electron chi connectivity index (χ3n) is 7.80. The van der Waals surface area contributed by atoms with Crippen LogP contribution in [0.4, 0.5) is 4.79 Å². The molecule has 2 rings (SSSR count). The Balaban J connectivity index is 0.0000115. The quantitative estimate of drug-likeness (QED) is 0.157. The SMILES string of the molecule is C=CCNC1=C2C[C@@H](C)C[C@@H](OC)[C@H](OC(=O)CCN)[C@H](C)/C=C(\C)[C@@H](OC(N)=O)[C@H](OC)/C=C\C=C(/C)C(=O)NC(=CC1=O)C2=O.Cl. The maximum atomic E-state index is 13.7. The number of nitrogens with two attached hydrogens (primary N) is 2. The van der Waals surface area contributed by atoms with Crippen LogP contribution < -0.4 is 22.1 Å². The minimum atomic E-state index is -1.03. The smallest absolute Gasteiger partial charge is 0.405 e. The second-order valence-electron chi connectivity index (χ2n) is 11.6. The number of hydrogen-bond acceptors (Lipinski definition) is 11. The zero-order chi connectivity index (χ0) is 35.3. The number of ether oxygens (including phenoxy) is 4. The second-order valence-corrected chi connectivity index (χ2v) is 11.6. The molecule has 13 nitrogen and oxygen atoms in total. The number of esters is 1. The van der Waals surface area contributed by atoms with E-state index in [0.717, 1.165) is 6.08 Å². The van der Waals surface area contributed by atoms with Crippen molar-refractivity contribution in [3.05, 3.63) is 71.1 Å². The summed E-state index contributed by atoms with van der Waals surface area (Å²) in [5.41, 5.74) is 12.0. The molecule has 0 fully saturated rings. The third-order valence-corrected chi connectivity index (χ3v) is 7.80. The van der Waals surface area contributed by atoms with Crippen LogP contribution in [0.15, 0.2) is 71.1 Å². The molecule has 6 N–H and O–H groups in total. The lowest BCUT2D eigenvalue weighted by Gasteiger charge is -2.32. The van der Waals surface area contributed by atoms with E-state index >= 15 is 0 Å². The summed E-state index contributed by atoms with van der Waals surface area (Å²) < 4.78 is 22.8. The van der Waals surface area contributed by atoms with Crippen LogP contribution in [0.25, 0.3) is 0 Å². The van der Waals surface area contributed by atoms with Gasteiger partial charge in [0.2, 0.25) is 11.6 Å². The Hall–Kier alpha value is -4.04. The fourth-order valence-electron chi connectivity index (χ4n) is 5.45. The molecule has 2 amide bonds. The van der Waals surface area contributed by atoms with Crippen LogP contribution in [-0.2, 0) is 38.1 Å². The van der Waals surface area contributed by atoms with Crippen molar-refractivity contribution in [3.8, 4) is 0 Å². The van der Waals surface area contributed by atoms with Gasteiger partial charge in [0, 0.05) is 50.4 Å². The van der Waals surface area contributed by atoms with Crippen LogP contribution in [0, 0.1) is 11.8 Å². The van der Waals surface area contributed by atoms with Crippen molar-refractivity contribution in [1.82, 2.24) is 10.6 Å². The van der Waals surface area contributed by atoms with Crippen LogP contribution >= 0.6 is 12.4 Å². The monoisotopic (exact) mass is 692 g/mol. The largest absolute Gasteiger partial charge is 0.459 e. The molecule has 0 aromatic heterocycles. The van der Waals surface area contributed by atoms with Gasteiger partial charge in [0.05, 0.1) is 23.9 Å². The number of carbonyl (C=O) groups excluding carboxylic acids is 5. The number of hydrogen-bond donors (Lipinski definition) is 4. The second kappa shape index (κ2) is 20.4. The highest BCUT2D eigenvalue weighted by Crippen LogP contribution is 2.30. The topological polar surface area (TPSA) is 198 Å². The molecule has 48 heavy (non-hydrogen) atoms. The van der Waals surface area contributed by atoms with Crippen LogP contribution in [-0.4, -0.2) is 81.3 Å². The van der Waals surface area contributed by atoms with Gasteiger partial charge in [-0.25, -0.2) is 4.79 Å². The normalized spacial score (nSPS) is 28.7. The van der Waals surface area contributed by atoms with E-state index < -0.39 is 59.9 Å². The molecular formula is C34H49ClN4O9. The summed E-state index contributed by atoms with van der Waals surface area (Å²) in [7, 11) is 2.91. The van der Waals surface area contributed by atoms with Gasteiger partial charge in [0.1, 0.15) is 12.2 Å². The molecule has 0 saturated carbocycles. The van der Waals surface area contributed by atoms with Crippen LogP contribution in [0.1, 0.15) is 47.0 Å². The average molecular weight is 693 g/mol. The Morgan fingerprint density at radius 2 is 1.81 bits per heavy atom. The van der Waals surface area contributed by atoms with Gasteiger partial charge in [-0.05, 0) is 38.2 Å². The van der Waals surface area contributed by atoms with Crippen molar-refractivity contribution in [2.75, 3.05) is 27.3 Å². The van der Waals surface area contributed by atoms with Crippen molar-refractivity contribution < 1.29 is 42.9 Å². The molecule has 1 aliphatic heterocycles. The summed E-state index contributed by atoms with van der Waals surface area (Å²) in [6.45, 7) is 11.0.